The highest BCUT2D eigenvalue weighted by atomic mass is 16.6. The van der Waals surface area contributed by atoms with Gasteiger partial charge in [0.15, 0.2) is 0 Å². The fourth-order valence-corrected chi connectivity index (χ4v) is 4.90. The Balaban J connectivity index is 2.08. The number of nitrogens with one attached hydrogen (secondary N) is 2. The number of phenols is 1. The maximum absolute atomic E-state index is 14.5. The number of amides is 3. The second-order valence-electron chi connectivity index (χ2n) is 11.5. The van der Waals surface area contributed by atoms with Crippen molar-refractivity contribution in [2.45, 2.75) is 72.1 Å². The summed E-state index contributed by atoms with van der Waals surface area (Å²) in [7, 11) is 1.57. The van der Waals surface area contributed by atoms with E-state index in [4.69, 9.17) is 9.47 Å². The molecule has 0 aliphatic rings. The van der Waals surface area contributed by atoms with E-state index < -0.39 is 29.7 Å². The Bertz CT molecular complexity index is 1380. The van der Waals surface area contributed by atoms with Gasteiger partial charge in [-0.05, 0) is 99.7 Å². The van der Waals surface area contributed by atoms with Gasteiger partial charge in [0.25, 0.3) is 5.91 Å². The number of alkyl carbamates (subject to hydrolysis) is 1. The van der Waals surface area contributed by atoms with Crippen LogP contribution in [0.1, 0.15) is 62.4 Å². The number of methoxy groups -OCH3 is 1. The third-order valence-corrected chi connectivity index (χ3v) is 6.85. The number of ether oxygens (including phenoxy) is 2. The molecule has 3 N–H and O–H groups in total. The van der Waals surface area contributed by atoms with Crippen LogP contribution in [-0.2, 0) is 20.7 Å². The zero-order valence-electron chi connectivity index (χ0n) is 26.1. The number of nitrogens with zero attached hydrogens (tertiary/aromatic N) is 1. The maximum Gasteiger partial charge on any atom is 0.408 e. The van der Waals surface area contributed by atoms with Crippen LogP contribution in [0.5, 0.6) is 11.5 Å². The van der Waals surface area contributed by atoms with Gasteiger partial charge in [0.1, 0.15) is 29.2 Å². The number of rotatable bonds is 11. The van der Waals surface area contributed by atoms with E-state index in [1.165, 1.54) is 17.0 Å². The molecule has 2 atom stereocenters. The molecule has 9 nitrogen and oxygen atoms in total. The van der Waals surface area contributed by atoms with Crippen molar-refractivity contribution in [3.05, 3.63) is 89.0 Å². The molecule has 0 spiro atoms. The van der Waals surface area contributed by atoms with Gasteiger partial charge in [-0.3, -0.25) is 9.59 Å². The number of aromatic hydroxyl groups is 1. The van der Waals surface area contributed by atoms with Crippen molar-refractivity contribution in [1.29, 1.82) is 0 Å². The van der Waals surface area contributed by atoms with Gasteiger partial charge >= 0.3 is 6.09 Å². The summed E-state index contributed by atoms with van der Waals surface area (Å²) in [5.74, 6) is -0.0784. The average molecular weight is 590 g/mol. The van der Waals surface area contributed by atoms with Gasteiger partial charge in [0, 0.05) is 18.7 Å². The molecule has 3 amide bonds. The van der Waals surface area contributed by atoms with Gasteiger partial charge in [-0.1, -0.05) is 37.3 Å². The molecule has 0 radical (unpaired) electrons. The van der Waals surface area contributed by atoms with Gasteiger partial charge in [0.05, 0.1) is 7.11 Å². The molecule has 3 aromatic carbocycles. The Labute approximate surface area is 254 Å². The van der Waals surface area contributed by atoms with Crippen LogP contribution in [0.25, 0.3) is 0 Å². The predicted octanol–water partition coefficient (Wildman–Crippen LogP) is 6.07. The largest absolute Gasteiger partial charge is 0.508 e. The van der Waals surface area contributed by atoms with E-state index in [0.717, 1.165) is 22.3 Å². The number of anilines is 1. The van der Waals surface area contributed by atoms with Crippen molar-refractivity contribution in [1.82, 2.24) is 10.2 Å². The molecule has 0 bridgehead atoms. The van der Waals surface area contributed by atoms with Gasteiger partial charge in [-0.25, -0.2) is 4.79 Å². The predicted molar refractivity (Wildman–Crippen MR) is 167 cm³/mol. The summed E-state index contributed by atoms with van der Waals surface area (Å²) in [4.78, 5) is 43.1. The third kappa shape index (κ3) is 9.23. The van der Waals surface area contributed by atoms with Crippen molar-refractivity contribution < 1.29 is 29.0 Å². The molecule has 0 heterocycles. The van der Waals surface area contributed by atoms with Crippen LogP contribution in [0.3, 0.4) is 0 Å². The fraction of sp³-hybridized carbons (Fsp3) is 0.382. The molecule has 0 aliphatic heterocycles. The summed E-state index contributed by atoms with van der Waals surface area (Å²) in [6, 6.07) is 17.1. The average Bonchev–Trinajstić information content (AvgIpc) is 2.94. The monoisotopic (exact) mass is 589 g/mol. The van der Waals surface area contributed by atoms with E-state index in [9.17, 15) is 19.5 Å². The van der Waals surface area contributed by atoms with Crippen LogP contribution in [-0.4, -0.2) is 53.2 Å². The Morgan fingerprint density at radius 3 is 2.07 bits per heavy atom. The first kappa shape index (κ1) is 33.0. The highest BCUT2D eigenvalue weighted by Gasteiger charge is 2.37. The first-order valence-electron chi connectivity index (χ1n) is 14.4. The lowest BCUT2D eigenvalue weighted by Crippen LogP contribution is -2.53. The molecule has 0 fully saturated rings. The van der Waals surface area contributed by atoms with Gasteiger partial charge in [-0.2, -0.15) is 0 Å². The number of hydrogen-bond donors (Lipinski definition) is 3. The first-order valence-corrected chi connectivity index (χ1v) is 14.4. The van der Waals surface area contributed by atoms with E-state index in [1.54, 1.807) is 64.3 Å². The second-order valence-corrected chi connectivity index (χ2v) is 11.5. The summed E-state index contributed by atoms with van der Waals surface area (Å²) in [6.07, 6.45) is -0.0492. The molecule has 0 aromatic heterocycles. The standard InChI is InChI=1S/C34H43N3O6/c1-8-20-37(32(40)28(36-33(41)43-34(4,5)6)21-24-12-16-26(38)17-13-24)30(29-22(2)10-9-11-23(29)3)31(39)35-25-14-18-27(42-7)19-15-25/h9-19,28,30,38H,8,20-21H2,1-7H3,(H,35,39)(H,36,41). The normalized spacial score (nSPS) is 12.5. The van der Waals surface area contributed by atoms with E-state index in [0.29, 0.717) is 17.9 Å². The quantitative estimate of drug-likeness (QED) is 0.250. The van der Waals surface area contributed by atoms with Gasteiger partial charge < -0.3 is 30.1 Å². The number of carbonyl (C=O) groups is 3. The highest BCUT2D eigenvalue weighted by molar-refractivity contribution is 5.99. The summed E-state index contributed by atoms with van der Waals surface area (Å²) in [5.41, 5.74) is 2.93. The summed E-state index contributed by atoms with van der Waals surface area (Å²) in [6.45, 7) is 11.2. The lowest BCUT2D eigenvalue weighted by atomic mass is 9.93. The number of phenolic OH excluding ortho intramolecular Hbond substituents is 1. The lowest BCUT2D eigenvalue weighted by Gasteiger charge is -2.35. The minimum Gasteiger partial charge on any atom is -0.508 e. The zero-order valence-corrected chi connectivity index (χ0v) is 26.1. The Hall–Kier alpha value is -4.53. The van der Waals surface area contributed by atoms with Gasteiger partial charge in [-0.15, -0.1) is 0 Å². The van der Waals surface area contributed by atoms with Crippen molar-refractivity contribution in [3.8, 4) is 11.5 Å². The number of hydrogen-bond acceptors (Lipinski definition) is 6. The van der Waals surface area contributed by atoms with Crippen molar-refractivity contribution in [2.75, 3.05) is 19.0 Å². The summed E-state index contributed by atoms with van der Waals surface area (Å²) >= 11 is 0. The highest BCUT2D eigenvalue weighted by Crippen LogP contribution is 2.30. The van der Waals surface area contributed by atoms with Crippen LogP contribution in [0, 0.1) is 13.8 Å². The van der Waals surface area contributed by atoms with E-state index in [1.807, 2.05) is 39.0 Å². The molecule has 9 heteroatoms. The van der Waals surface area contributed by atoms with Crippen LogP contribution in [0.4, 0.5) is 10.5 Å². The molecular formula is C34H43N3O6. The smallest absolute Gasteiger partial charge is 0.408 e. The molecule has 3 aromatic rings. The molecule has 230 valence electrons. The molecule has 43 heavy (non-hydrogen) atoms. The van der Waals surface area contributed by atoms with Crippen molar-refractivity contribution in [3.63, 3.8) is 0 Å². The number of carbonyl (C=O) groups excluding carboxylic acids is 3. The van der Waals surface area contributed by atoms with Crippen LogP contribution < -0.4 is 15.4 Å². The zero-order chi connectivity index (χ0) is 31.7. The summed E-state index contributed by atoms with van der Waals surface area (Å²) in [5, 5.41) is 15.5. The molecular weight excluding hydrogens is 546 g/mol. The van der Waals surface area contributed by atoms with Gasteiger partial charge in [0.2, 0.25) is 5.91 Å². The SMILES string of the molecule is CCCN(C(=O)C(Cc1ccc(O)cc1)NC(=O)OC(C)(C)C)C(C(=O)Nc1ccc(OC)cc1)c1c(C)cccc1C. The Morgan fingerprint density at radius 2 is 1.53 bits per heavy atom. The molecule has 0 saturated carbocycles. The minimum atomic E-state index is -1.05. The van der Waals surface area contributed by atoms with Crippen LogP contribution in [0.2, 0.25) is 0 Å². The molecule has 3 rings (SSSR count). The summed E-state index contributed by atoms with van der Waals surface area (Å²) < 4.78 is 10.7. The number of aryl methyl sites for hydroxylation is 2. The van der Waals surface area contributed by atoms with E-state index in [2.05, 4.69) is 10.6 Å². The van der Waals surface area contributed by atoms with Crippen LogP contribution >= 0.6 is 0 Å². The first-order chi connectivity index (χ1) is 20.3. The second kappa shape index (κ2) is 14.6. The van der Waals surface area contributed by atoms with E-state index >= 15 is 0 Å². The van der Waals surface area contributed by atoms with Crippen molar-refractivity contribution >= 4 is 23.6 Å². The topological polar surface area (TPSA) is 117 Å². The van der Waals surface area contributed by atoms with Crippen LogP contribution in [0.15, 0.2) is 66.7 Å². The third-order valence-electron chi connectivity index (χ3n) is 6.85. The maximum atomic E-state index is 14.5. The Morgan fingerprint density at radius 1 is 0.930 bits per heavy atom. The van der Waals surface area contributed by atoms with Crippen molar-refractivity contribution in [2.24, 2.45) is 0 Å². The molecule has 2 unspecified atom stereocenters. The number of benzene rings is 3. The molecule has 0 aliphatic carbocycles. The lowest BCUT2D eigenvalue weighted by molar-refractivity contribution is -0.140. The minimum absolute atomic E-state index is 0.0876. The Kier molecular flexibility index (Phi) is 11.2. The van der Waals surface area contributed by atoms with E-state index in [-0.39, 0.29) is 24.6 Å². The fourth-order valence-electron chi connectivity index (χ4n) is 4.90. The molecule has 0 saturated heterocycles.